The van der Waals surface area contributed by atoms with Crippen molar-refractivity contribution in [2.75, 3.05) is 13.2 Å². The lowest BCUT2D eigenvalue weighted by molar-refractivity contribution is -0.179. The summed E-state index contributed by atoms with van der Waals surface area (Å²) >= 11 is 14.2. The normalized spacial score (nSPS) is 16.7. The highest BCUT2D eigenvalue weighted by Crippen LogP contribution is 2.54. The van der Waals surface area contributed by atoms with Crippen LogP contribution in [0.4, 0.5) is 0 Å². The van der Waals surface area contributed by atoms with Crippen LogP contribution in [0, 0.1) is 30.1 Å². The number of hydrogen-bond acceptors (Lipinski definition) is 4. The Hall–Kier alpha value is -6.28. The number of aliphatic hydroxyl groups is 1. The molecule has 0 fully saturated rings. The number of aromatic nitrogens is 2. The van der Waals surface area contributed by atoms with E-state index in [9.17, 15) is 10.2 Å². The van der Waals surface area contributed by atoms with E-state index < -0.39 is 11.8 Å². The molecule has 0 bridgehead atoms. The molecule has 10 rings (SSSR count). The molecule has 0 aliphatic heterocycles. The lowest BCUT2D eigenvalue weighted by Gasteiger charge is -2.44. The van der Waals surface area contributed by atoms with Gasteiger partial charge in [0.15, 0.2) is 0 Å². The Morgan fingerprint density at radius 2 is 0.935 bits per heavy atom. The molecular formula is C85H106Cl2N2O4. The monoisotopic (exact) mass is 1290 g/mol. The molecule has 2 N–H and O–H groups in total. The van der Waals surface area contributed by atoms with E-state index in [0.717, 1.165) is 84.3 Å². The second kappa shape index (κ2) is 24.1. The summed E-state index contributed by atoms with van der Waals surface area (Å²) in [4.78, 5) is 0. The molecule has 6 nitrogen and oxygen atoms in total. The van der Waals surface area contributed by atoms with Crippen molar-refractivity contribution < 1.29 is 19.7 Å². The third-order valence-corrected chi connectivity index (χ3v) is 19.7. The van der Waals surface area contributed by atoms with Gasteiger partial charge in [0.05, 0.1) is 29.9 Å². The number of ether oxygens (including phenoxy) is 2. The van der Waals surface area contributed by atoms with Gasteiger partial charge in [-0.25, -0.2) is 0 Å². The number of fused-ring (bicyclic) bond motifs is 6. The molecule has 1 aliphatic rings. The lowest BCUT2D eigenvalue weighted by Crippen LogP contribution is -2.45. The molecule has 0 radical (unpaired) electrons. The second-order valence-electron chi connectivity index (χ2n) is 35.3. The number of nitrogens with zero attached hydrogens (tertiary/aromatic N) is 2. The Kier molecular flexibility index (Phi) is 18.0. The Bertz CT molecular complexity index is 4280. The van der Waals surface area contributed by atoms with E-state index in [1.165, 1.54) is 22.3 Å². The quantitative estimate of drug-likeness (QED) is 0.0841. The molecule has 0 saturated heterocycles. The summed E-state index contributed by atoms with van der Waals surface area (Å²) in [6, 6.07) is 40.9. The van der Waals surface area contributed by atoms with Crippen LogP contribution in [0.25, 0.3) is 66.0 Å². The Morgan fingerprint density at radius 3 is 1.40 bits per heavy atom. The van der Waals surface area contributed by atoms with Crippen LogP contribution in [0.2, 0.25) is 10.0 Å². The van der Waals surface area contributed by atoms with Gasteiger partial charge in [-0.15, -0.1) is 0 Å². The molecule has 494 valence electrons. The summed E-state index contributed by atoms with van der Waals surface area (Å²) < 4.78 is 19.0. The van der Waals surface area contributed by atoms with E-state index in [1.807, 2.05) is 38.1 Å². The minimum Gasteiger partial charge on any atom is -0.505 e. The van der Waals surface area contributed by atoms with Gasteiger partial charge in [0.25, 0.3) is 0 Å². The van der Waals surface area contributed by atoms with E-state index >= 15 is 0 Å². The van der Waals surface area contributed by atoms with Gasteiger partial charge in [0, 0.05) is 65.7 Å². The molecule has 7 aromatic carbocycles. The van der Waals surface area contributed by atoms with Crippen LogP contribution in [0.15, 0.2) is 133 Å². The van der Waals surface area contributed by atoms with Crippen LogP contribution >= 0.6 is 23.2 Å². The predicted molar refractivity (Wildman–Crippen MR) is 399 cm³/mol. The number of allylic oxidation sites excluding steroid dienone is 2. The number of phenols is 1. The van der Waals surface area contributed by atoms with E-state index in [1.54, 1.807) is 0 Å². The smallest absolute Gasteiger partial charge is 0.218 e. The van der Waals surface area contributed by atoms with Crippen LogP contribution < -0.4 is 4.74 Å². The Morgan fingerprint density at radius 1 is 0.484 bits per heavy atom. The number of phenolic OH excluding ortho intramolecular Hbond substituents is 1. The van der Waals surface area contributed by atoms with Crippen molar-refractivity contribution in [3.8, 4) is 28.3 Å². The van der Waals surface area contributed by atoms with Gasteiger partial charge >= 0.3 is 0 Å². The summed E-state index contributed by atoms with van der Waals surface area (Å²) in [5.74, 6) is -1.17. The zero-order valence-corrected chi connectivity index (χ0v) is 62.1. The lowest BCUT2D eigenvalue weighted by atomic mass is 9.68. The average molecular weight is 1290 g/mol. The van der Waals surface area contributed by atoms with Gasteiger partial charge in [-0.05, 0) is 211 Å². The van der Waals surface area contributed by atoms with Crippen molar-refractivity contribution in [2.45, 2.75) is 224 Å². The third kappa shape index (κ3) is 14.1. The minimum atomic E-state index is -1.91. The maximum atomic E-state index is 14.3. The largest absolute Gasteiger partial charge is 0.505 e. The van der Waals surface area contributed by atoms with Crippen LogP contribution in [-0.4, -0.2) is 38.3 Å². The number of aryl methyl sites for hydroxylation is 2. The van der Waals surface area contributed by atoms with Crippen molar-refractivity contribution in [3.05, 3.63) is 188 Å². The average Bonchev–Trinajstić information content (AvgIpc) is 1.64. The number of hydrogen-bond donors (Lipinski definition) is 2. The molecule has 2 aromatic heterocycles. The summed E-state index contributed by atoms with van der Waals surface area (Å²) in [7, 11) is 0. The SMILES string of the molecule is Cc1cc(Cl)cc(C2=CC(C(C)(C)CC(C)(C)C)=CC(n3c4ccc(C(C)(C)C)cc4c4cc(C(C)(C)C)ccc43)C2(O)OCCCOc2c(C)cc(Cl)cc2-c2cc(C(C)(C)CC(C)(C)C)cc(-n3c4ccc(C(C)(C)C)cc4c4cc(C(C)(C)C)ccc43)c2O)c1. The first-order valence-corrected chi connectivity index (χ1v) is 34.6. The van der Waals surface area contributed by atoms with E-state index in [4.69, 9.17) is 32.7 Å². The fourth-order valence-electron chi connectivity index (χ4n) is 15.1. The van der Waals surface area contributed by atoms with Crippen molar-refractivity contribution in [1.29, 1.82) is 0 Å². The van der Waals surface area contributed by atoms with Gasteiger partial charge in [0.2, 0.25) is 5.79 Å². The van der Waals surface area contributed by atoms with Crippen LogP contribution in [-0.2, 0) is 31.8 Å². The molecule has 2 atom stereocenters. The van der Waals surface area contributed by atoms with Crippen molar-refractivity contribution in [1.82, 2.24) is 9.13 Å². The summed E-state index contributed by atoms with van der Waals surface area (Å²) in [6.45, 7) is 54.6. The van der Waals surface area contributed by atoms with E-state index in [0.29, 0.717) is 44.6 Å². The van der Waals surface area contributed by atoms with Crippen LogP contribution in [0.1, 0.15) is 222 Å². The highest BCUT2D eigenvalue weighted by atomic mass is 35.5. The zero-order valence-electron chi connectivity index (χ0n) is 60.6. The number of benzene rings is 7. The summed E-state index contributed by atoms with van der Waals surface area (Å²) in [5, 5.41) is 33.3. The molecule has 0 spiro atoms. The first-order valence-electron chi connectivity index (χ1n) is 33.8. The van der Waals surface area contributed by atoms with Crippen LogP contribution in [0.5, 0.6) is 11.5 Å². The maximum absolute atomic E-state index is 14.3. The van der Waals surface area contributed by atoms with Crippen LogP contribution in [0.3, 0.4) is 0 Å². The Balaban J connectivity index is 1.11. The highest BCUT2D eigenvalue weighted by molar-refractivity contribution is 6.31. The molecule has 8 heteroatoms. The molecule has 2 unspecified atom stereocenters. The van der Waals surface area contributed by atoms with E-state index in [-0.39, 0.29) is 62.3 Å². The van der Waals surface area contributed by atoms with Gasteiger partial charge in [-0.1, -0.05) is 212 Å². The molecule has 0 amide bonds. The maximum Gasteiger partial charge on any atom is 0.218 e. The number of halogens is 2. The fraction of sp³-hybridized carbons (Fsp3) is 0.459. The highest BCUT2D eigenvalue weighted by Gasteiger charge is 2.48. The summed E-state index contributed by atoms with van der Waals surface area (Å²) in [5.41, 5.74) is 15.5. The first kappa shape index (κ1) is 69.5. The van der Waals surface area contributed by atoms with Gasteiger partial charge in [0.1, 0.15) is 17.5 Å². The second-order valence-corrected chi connectivity index (χ2v) is 36.1. The minimum absolute atomic E-state index is 0.000852. The topological polar surface area (TPSA) is 68.8 Å². The third-order valence-electron chi connectivity index (χ3n) is 19.3. The standard InChI is InChI=1S/C85H106Cl2N2O4/c1-51-36-53(39-60(86)37-51)68-45-59(84(23,24)50-78(6,7)8)47-74(89-71-32-28-56(81(15,16)17)42-64(71)65-43-57(82(18,19)20)29-33-72(65)89)85(68,91)93-35-25-34-92-76-52(2)38-61(87)48-67(76)66-44-58(83(21,22)49-77(3,4)5)46-73(75(66)90)88-69-30-26-54(79(9,10)11)40-62(69)63-41-55(80(12,13)14)27-31-70(63)88/h26-33,36-48,74,90-91H,25,34-35,49-50H2,1-24H3. The van der Waals surface area contributed by atoms with Crippen molar-refractivity contribution in [2.24, 2.45) is 16.2 Å². The Labute approximate surface area is 567 Å². The molecule has 2 heterocycles. The van der Waals surface area contributed by atoms with Crippen molar-refractivity contribution >= 4 is 72.4 Å². The zero-order chi connectivity index (χ0) is 68.5. The molecule has 1 aliphatic carbocycles. The van der Waals surface area contributed by atoms with Gasteiger partial charge < -0.3 is 28.8 Å². The van der Waals surface area contributed by atoms with Crippen molar-refractivity contribution in [3.63, 3.8) is 0 Å². The van der Waals surface area contributed by atoms with Gasteiger partial charge in [-0.3, -0.25) is 0 Å². The predicted octanol–water partition coefficient (Wildman–Crippen LogP) is 24.3. The number of aromatic hydroxyl groups is 1. The molecular weight excluding hydrogens is 1180 g/mol. The fourth-order valence-corrected chi connectivity index (χ4v) is 15.7. The first-order chi connectivity index (χ1) is 42.8. The molecule has 0 saturated carbocycles. The molecule has 9 aromatic rings. The summed E-state index contributed by atoms with van der Waals surface area (Å²) in [6.07, 6.45) is 6.65. The number of rotatable bonds is 14. The molecule has 93 heavy (non-hydrogen) atoms. The van der Waals surface area contributed by atoms with E-state index in [2.05, 4.69) is 265 Å². The van der Waals surface area contributed by atoms with Gasteiger partial charge in [-0.2, -0.15) is 0 Å².